The van der Waals surface area contributed by atoms with Gasteiger partial charge in [-0.3, -0.25) is 19.3 Å². The minimum atomic E-state index is -0.768. The second-order valence-corrected chi connectivity index (χ2v) is 8.58. The van der Waals surface area contributed by atoms with Gasteiger partial charge in [0.05, 0.1) is 11.4 Å². The molecule has 8 heteroatoms. The number of nitrogens with one attached hydrogen (secondary N) is 1. The third-order valence-corrected chi connectivity index (χ3v) is 5.69. The number of nitrogens with zero attached hydrogens (tertiary/aromatic N) is 1. The summed E-state index contributed by atoms with van der Waals surface area (Å²) in [4.78, 5) is 39.8. The first-order chi connectivity index (χ1) is 16.9. The van der Waals surface area contributed by atoms with Crippen molar-refractivity contribution in [3.05, 3.63) is 77.3 Å². The Morgan fingerprint density at radius 3 is 2.60 bits per heavy atom. The Bertz CT molecular complexity index is 1260. The molecule has 0 fully saturated rings. The Balaban J connectivity index is 1.58. The number of ether oxygens (including phenoxy) is 2. The van der Waals surface area contributed by atoms with E-state index in [2.05, 4.69) is 5.32 Å². The predicted octanol–water partition coefficient (Wildman–Crippen LogP) is 5.87. The number of fused-ring (bicyclic) bond motifs is 1. The van der Waals surface area contributed by atoms with Crippen molar-refractivity contribution in [2.45, 2.75) is 32.8 Å². The van der Waals surface area contributed by atoms with Crippen LogP contribution in [0.1, 0.15) is 37.0 Å². The summed E-state index contributed by atoms with van der Waals surface area (Å²) in [5.41, 5.74) is 1.22. The zero-order valence-corrected chi connectivity index (χ0v) is 20.2. The van der Waals surface area contributed by atoms with Crippen LogP contribution in [0.2, 0.25) is 5.02 Å². The molecule has 1 aliphatic rings. The van der Waals surface area contributed by atoms with Gasteiger partial charge in [-0.1, -0.05) is 36.7 Å². The fourth-order valence-electron chi connectivity index (χ4n) is 3.75. The molecule has 1 aliphatic heterocycles. The number of carbonyl (C=O) groups is 3. The monoisotopic (exact) mass is 492 g/mol. The SMILES string of the molecule is CCCC(=O)c1ccc2c(c1)N(CC(=O)Nc1cc(Cl)ccc1Oc1ccccc1)C(=O)C(C)O2. The lowest BCUT2D eigenvalue weighted by Crippen LogP contribution is -2.47. The number of halogens is 1. The molecule has 7 nitrogen and oxygen atoms in total. The number of amides is 2. The third kappa shape index (κ3) is 5.63. The van der Waals surface area contributed by atoms with Crippen LogP contribution in [0.5, 0.6) is 17.2 Å². The van der Waals surface area contributed by atoms with Gasteiger partial charge in [0.15, 0.2) is 17.6 Å². The number of hydrogen-bond acceptors (Lipinski definition) is 5. The van der Waals surface area contributed by atoms with E-state index in [0.717, 1.165) is 0 Å². The molecule has 3 aromatic carbocycles. The number of Topliss-reactive ketones (excluding diaryl/α,β-unsaturated/α-hetero) is 1. The maximum Gasteiger partial charge on any atom is 0.268 e. The molecule has 0 spiro atoms. The quantitative estimate of drug-likeness (QED) is 0.397. The molecular weight excluding hydrogens is 468 g/mol. The molecule has 1 atom stereocenters. The van der Waals surface area contributed by atoms with Crippen molar-refractivity contribution in [1.29, 1.82) is 0 Å². The van der Waals surface area contributed by atoms with Crippen molar-refractivity contribution in [2.75, 3.05) is 16.8 Å². The maximum atomic E-state index is 13.1. The number of rotatable bonds is 8. The molecule has 1 unspecified atom stereocenters. The Hall–Kier alpha value is -3.84. The smallest absolute Gasteiger partial charge is 0.268 e. The highest BCUT2D eigenvalue weighted by Crippen LogP contribution is 2.36. The van der Waals surface area contributed by atoms with Gasteiger partial charge in [0.1, 0.15) is 18.0 Å². The number of hydrogen-bond donors (Lipinski definition) is 1. The average molecular weight is 493 g/mol. The first-order valence-electron chi connectivity index (χ1n) is 11.3. The van der Waals surface area contributed by atoms with Crippen LogP contribution in [0.25, 0.3) is 0 Å². The van der Waals surface area contributed by atoms with E-state index in [1.54, 1.807) is 55.5 Å². The summed E-state index contributed by atoms with van der Waals surface area (Å²) in [7, 11) is 0. The minimum Gasteiger partial charge on any atom is -0.479 e. The lowest BCUT2D eigenvalue weighted by atomic mass is 10.0. The molecule has 35 heavy (non-hydrogen) atoms. The fraction of sp³-hybridized carbons (Fsp3) is 0.222. The highest BCUT2D eigenvalue weighted by molar-refractivity contribution is 6.31. The van der Waals surface area contributed by atoms with Crippen molar-refractivity contribution < 1.29 is 23.9 Å². The second kappa shape index (κ2) is 10.6. The number of ketones is 1. The van der Waals surface area contributed by atoms with Crippen LogP contribution in [-0.2, 0) is 9.59 Å². The molecule has 4 rings (SSSR count). The zero-order valence-electron chi connectivity index (χ0n) is 19.4. The van der Waals surface area contributed by atoms with E-state index in [4.69, 9.17) is 21.1 Å². The normalized spacial score (nSPS) is 14.7. The van der Waals surface area contributed by atoms with Gasteiger partial charge < -0.3 is 14.8 Å². The summed E-state index contributed by atoms with van der Waals surface area (Å²) in [6, 6.07) is 19.0. The lowest BCUT2D eigenvalue weighted by molar-refractivity contribution is -0.127. The lowest BCUT2D eigenvalue weighted by Gasteiger charge is -2.33. The number of anilines is 2. The van der Waals surface area contributed by atoms with Crippen LogP contribution < -0.4 is 19.7 Å². The van der Waals surface area contributed by atoms with Crippen molar-refractivity contribution in [3.8, 4) is 17.2 Å². The van der Waals surface area contributed by atoms with Crippen molar-refractivity contribution in [1.82, 2.24) is 0 Å². The molecule has 0 radical (unpaired) electrons. The Morgan fingerprint density at radius 1 is 1.09 bits per heavy atom. The van der Waals surface area contributed by atoms with Crippen LogP contribution in [-0.4, -0.2) is 30.2 Å². The van der Waals surface area contributed by atoms with Crippen molar-refractivity contribution in [2.24, 2.45) is 0 Å². The number of carbonyl (C=O) groups excluding carboxylic acids is 3. The Labute approximate surface area is 208 Å². The molecule has 0 aromatic heterocycles. The summed E-state index contributed by atoms with van der Waals surface area (Å²) in [6.45, 7) is 3.27. The number of para-hydroxylation sites is 1. The molecule has 1 heterocycles. The first-order valence-corrected chi connectivity index (χ1v) is 11.7. The summed E-state index contributed by atoms with van der Waals surface area (Å²) in [6.07, 6.45) is 0.334. The molecule has 2 amide bonds. The number of benzene rings is 3. The van der Waals surface area contributed by atoms with E-state index in [0.29, 0.717) is 52.1 Å². The molecule has 3 aromatic rings. The summed E-state index contributed by atoms with van der Waals surface area (Å²) in [5, 5.41) is 3.21. The summed E-state index contributed by atoms with van der Waals surface area (Å²) < 4.78 is 11.6. The van der Waals surface area contributed by atoms with Crippen molar-refractivity contribution >= 4 is 40.6 Å². The standard InChI is InChI=1S/C27H25ClN2O5/c1-3-7-23(31)18-10-12-25-22(14-18)30(27(33)17(2)34-25)16-26(32)29-21-15-19(28)11-13-24(21)35-20-8-5-4-6-9-20/h4-6,8-15,17H,3,7,16H2,1-2H3,(H,29,32). The van der Waals surface area contributed by atoms with Crippen LogP contribution in [0.15, 0.2) is 66.7 Å². The molecule has 180 valence electrons. The molecule has 0 saturated heterocycles. The van der Waals surface area contributed by atoms with E-state index >= 15 is 0 Å². The minimum absolute atomic E-state index is 0.0348. The second-order valence-electron chi connectivity index (χ2n) is 8.14. The molecule has 1 N–H and O–H groups in total. The molecule has 0 aliphatic carbocycles. The van der Waals surface area contributed by atoms with Gasteiger partial charge in [-0.2, -0.15) is 0 Å². The average Bonchev–Trinajstić information content (AvgIpc) is 2.84. The third-order valence-electron chi connectivity index (χ3n) is 5.45. The van der Waals surface area contributed by atoms with Gasteiger partial charge in [0.2, 0.25) is 5.91 Å². The van der Waals surface area contributed by atoms with E-state index in [9.17, 15) is 14.4 Å². The van der Waals surface area contributed by atoms with Gasteiger partial charge in [-0.15, -0.1) is 0 Å². The Morgan fingerprint density at radius 2 is 1.86 bits per heavy atom. The van der Waals surface area contributed by atoms with Crippen LogP contribution in [0.3, 0.4) is 0 Å². The van der Waals surface area contributed by atoms with E-state index in [-0.39, 0.29) is 18.2 Å². The van der Waals surface area contributed by atoms with Gasteiger partial charge >= 0.3 is 0 Å². The fourth-order valence-corrected chi connectivity index (χ4v) is 3.92. The predicted molar refractivity (Wildman–Crippen MR) is 135 cm³/mol. The molecular formula is C27H25ClN2O5. The topological polar surface area (TPSA) is 84.9 Å². The van der Waals surface area contributed by atoms with Gasteiger partial charge in [-0.25, -0.2) is 0 Å². The maximum absolute atomic E-state index is 13.1. The molecule has 0 bridgehead atoms. The summed E-state index contributed by atoms with van der Waals surface area (Å²) >= 11 is 6.16. The van der Waals surface area contributed by atoms with Gasteiger partial charge in [0, 0.05) is 17.0 Å². The van der Waals surface area contributed by atoms with Crippen molar-refractivity contribution in [3.63, 3.8) is 0 Å². The van der Waals surface area contributed by atoms with E-state index in [1.165, 1.54) is 4.90 Å². The molecule has 0 saturated carbocycles. The Kier molecular flexibility index (Phi) is 7.36. The van der Waals surface area contributed by atoms with Gasteiger partial charge in [0.25, 0.3) is 5.91 Å². The van der Waals surface area contributed by atoms with Crippen LogP contribution in [0.4, 0.5) is 11.4 Å². The summed E-state index contributed by atoms with van der Waals surface area (Å²) in [5.74, 6) is 0.578. The zero-order chi connectivity index (χ0) is 24.9. The highest BCUT2D eigenvalue weighted by Gasteiger charge is 2.33. The highest BCUT2D eigenvalue weighted by atomic mass is 35.5. The van der Waals surface area contributed by atoms with E-state index < -0.39 is 12.0 Å². The van der Waals surface area contributed by atoms with Crippen LogP contribution >= 0.6 is 11.6 Å². The van der Waals surface area contributed by atoms with Crippen LogP contribution in [0, 0.1) is 0 Å². The van der Waals surface area contributed by atoms with Gasteiger partial charge in [-0.05, 0) is 61.9 Å². The largest absolute Gasteiger partial charge is 0.479 e. The first kappa shape index (κ1) is 24.3. The van der Waals surface area contributed by atoms with E-state index in [1.807, 2.05) is 25.1 Å².